The summed E-state index contributed by atoms with van der Waals surface area (Å²) in [6.45, 7) is 10.9. The van der Waals surface area contributed by atoms with Crippen molar-refractivity contribution in [2.75, 3.05) is 63.3 Å². The van der Waals surface area contributed by atoms with Gasteiger partial charge in [0, 0.05) is 80.5 Å². The number of ketones is 1. The minimum atomic E-state index is -0.203. The molecule has 0 bridgehead atoms. The van der Waals surface area contributed by atoms with Gasteiger partial charge in [-0.1, -0.05) is 61.5 Å². The van der Waals surface area contributed by atoms with Crippen molar-refractivity contribution in [1.82, 2.24) is 9.47 Å². The third-order valence-corrected chi connectivity index (χ3v) is 9.95. The molecule has 1 fully saturated rings. The predicted octanol–water partition coefficient (Wildman–Crippen LogP) is 8.41. The largest absolute Gasteiger partial charge is 0.495 e. The summed E-state index contributed by atoms with van der Waals surface area (Å²) in [6.07, 6.45) is 4.75. The second-order valence-electron chi connectivity index (χ2n) is 13.4. The number of ether oxygens (including phenoxy) is 3. The van der Waals surface area contributed by atoms with Crippen molar-refractivity contribution in [3.8, 4) is 11.5 Å². The fourth-order valence-electron chi connectivity index (χ4n) is 6.99. The molecule has 4 aromatic carbocycles. The van der Waals surface area contributed by atoms with E-state index in [1.54, 1.807) is 7.11 Å². The summed E-state index contributed by atoms with van der Waals surface area (Å²) in [6, 6.07) is 30.5. The number of hydrogen-bond acceptors (Lipinski definition) is 8. The molecule has 9 nitrogen and oxygen atoms in total. The number of rotatable bonds is 18. The summed E-state index contributed by atoms with van der Waals surface area (Å²) in [5.74, 6) is 1.31. The van der Waals surface area contributed by atoms with Gasteiger partial charge in [0.2, 0.25) is 0 Å². The third kappa shape index (κ3) is 10.2. The van der Waals surface area contributed by atoms with E-state index in [2.05, 4.69) is 63.0 Å². The molecule has 10 heteroatoms. The first-order valence-corrected chi connectivity index (χ1v) is 18.9. The molecular weight excluding hydrogens is 700 g/mol. The molecule has 54 heavy (non-hydrogen) atoms. The number of nitrogens with one attached hydrogen (secondary N) is 1. The maximum atomic E-state index is 14.2. The summed E-state index contributed by atoms with van der Waals surface area (Å²) in [7, 11) is 1.72. The van der Waals surface area contributed by atoms with Crippen LogP contribution in [0.15, 0.2) is 97.2 Å². The van der Waals surface area contributed by atoms with E-state index in [4.69, 9.17) is 14.2 Å². The Balaban J connectivity index is 0.00000561. The van der Waals surface area contributed by atoms with Crippen LogP contribution in [-0.4, -0.2) is 74.3 Å². The number of esters is 1. The lowest BCUT2D eigenvalue weighted by atomic mass is 10.0. The molecule has 1 aliphatic heterocycles. The normalized spacial score (nSPS) is 13.0. The van der Waals surface area contributed by atoms with Crippen LogP contribution in [0, 0.1) is 0 Å². The highest BCUT2D eigenvalue weighted by Crippen LogP contribution is 2.31. The summed E-state index contributed by atoms with van der Waals surface area (Å²) in [5, 5.41) is 4.45. The van der Waals surface area contributed by atoms with Gasteiger partial charge >= 0.3 is 5.97 Å². The molecule has 0 radical (unpaired) electrons. The van der Waals surface area contributed by atoms with Crippen molar-refractivity contribution < 1.29 is 23.8 Å². The highest BCUT2D eigenvalue weighted by atomic mass is 35.5. The molecule has 1 aliphatic rings. The average molecular weight is 753 g/mol. The number of methoxy groups -OCH3 is 1. The molecule has 0 amide bonds. The van der Waals surface area contributed by atoms with Crippen LogP contribution < -0.4 is 19.7 Å². The van der Waals surface area contributed by atoms with E-state index in [0.717, 1.165) is 73.6 Å². The molecule has 286 valence electrons. The number of piperazine rings is 1. The maximum absolute atomic E-state index is 14.2. The quantitative estimate of drug-likeness (QED) is 0.0543. The minimum Gasteiger partial charge on any atom is -0.495 e. The van der Waals surface area contributed by atoms with Crippen LogP contribution in [0.3, 0.4) is 0 Å². The number of aromatic nitrogens is 1. The topological polar surface area (TPSA) is 85.3 Å². The lowest BCUT2D eigenvalue weighted by Gasteiger charge is -2.36. The van der Waals surface area contributed by atoms with Crippen LogP contribution in [0.4, 0.5) is 11.4 Å². The number of fused-ring (bicyclic) bond motifs is 1. The minimum absolute atomic E-state index is 0. The van der Waals surface area contributed by atoms with Gasteiger partial charge in [-0.2, -0.15) is 0 Å². The highest BCUT2D eigenvalue weighted by Gasteiger charge is 2.21. The van der Waals surface area contributed by atoms with E-state index in [1.807, 2.05) is 67.7 Å². The van der Waals surface area contributed by atoms with E-state index in [0.29, 0.717) is 56.0 Å². The molecule has 5 aromatic rings. The summed E-state index contributed by atoms with van der Waals surface area (Å²) < 4.78 is 19.2. The Morgan fingerprint density at radius 2 is 1.54 bits per heavy atom. The highest BCUT2D eigenvalue weighted by molar-refractivity contribution is 6.16. The molecule has 2 heterocycles. The zero-order valence-electron chi connectivity index (χ0n) is 31.7. The average Bonchev–Trinajstić information content (AvgIpc) is 3.57. The molecule has 1 aromatic heterocycles. The van der Waals surface area contributed by atoms with Crippen molar-refractivity contribution in [2.45, 2.75) is 52.6 Å². The molecule has 6 rings (SSSR count). The fourth-order valence-corrected chi connectivity index (χ4v) is 6.99. The molecule has 0 atom stereocenters. The van der Waals surface area contributed by atoms with Gasteiger partial charge in [-0.15, -0.1) is 12.4 Å². The molecule has 1 saturated heterocycles. The van der Waals surface area contributed by atoms with Crippen LogP contribution in [0.2, 0.25) is 0 Å². The first-order valence-electron chi connectivity index (χ1n) is 18.9. The lowest BCUT2D eigenvalue weighted by molar-refractivity contribution is -0.143. The van der Waals surface area contributed by atoms with E-state index in [9.17, 15) is 9.59 Å². The van der Waals surface area contributed by atoms with Crippen molar-refractivity contribution in [1.29, 1.82) is 0 Å². The number of aryl methyl sites for hydroxylation is 2. The number of carbonyl (C=O) groups is 2. The van der Waals surface area contributed by atoms with E-state index < -0.39 is 0 Å². The summed E-state index contributed by atoms with van der Waals surface area (Å²) in [4.78, 5) is 31.0. The summed E-state index contributed by atoms with van der Waals surface area (Å²) in [5.41, 5.74) is 6.65. The van der Waals surface area contributed by atoms with Gasteiger partial charge < -0.3 is 29.0 Å². The molecular formula is C44H53ClN4O5. The van der Waals surface area contributed by atoms with Crippen LogP contribution in [-0.2, 0) is 29.0 Å². The first-order chi connectivity index (χ1) is 26.0. The van der Waals surface area contributed by atoms with Crippen LogP contribution >= 0.6 is 12.4 Å². The Hall–Kier alpha value is -4.99. The van der Waals surface area contributed by atoms with Crippen LogP contribution in [0.5, 0.6) is 11.5 Å². The number of benzene rings is 4. The SMILES string of the molecule is CCOC(=O)CCCn1cc(C(=O)c2ccc(NCc3ccc(CC)cc3)c(OCCCN3CCN(c4ccccc4OC)CC3)c2)c2ccccc21.Cl. The van der Waals surface area contributed by atoms with Gasteiger partial charge in [-0.3, -0.25) is 14.5 Å². The Kier molecular flexibility index (Phi) is 14.8. The predicted molar refractivity (Wildman–Crippen MR) is 220 cm³/mol. The Morgan fingerprint density at radius 1 is 0.796 bits per heavy atom. The molecule has 0 aliphatic carbocycles. The monoisotopic (exact) mass is 752 g/mol. The summed E-state index contributed by atoms with van der Waals surface area (Å²) >= 11 is 0. The molecule has 0 saturated carbocycles. The van der Waals surface area contributed by atoms with Crippen LogP contribution in [0.25, 0.3) is 10.9 Å². The van der Waals surface area contributed by atoms with E-state index >= 15 is 0 Å². The van der Waals surface area contributed by atoms with Gasteiger partial charge in [-0.05, 0) is 73.7 Å². The Labute approximate surface area is 325 Å². The standard InChI is InChI=1S/C44H52N4O5.ClH/c1-4-33-17-19-34(20-18-33)31-45-38-22-21-35(44(50)37-32-48(24-10-16-43(49)52-5-2)39-13-7-6-12-36(37)39)30-42(38)53-29-11-23-46-25-27-47(28-26-46)40-14-8-9-15-41(40)51-3;/h6-9,12-15,17-22,30,32,45H,4-5,10-11,16,23-29,31H2,1-3H3;1H. The zero-order chi connectivity index (χ0) is 37.0. The maximum Gasteiger partial charge on any atom is 0.305 e. The fraction of sp³-hybridized carbons (Fsp3) is 0.364. The van der Waals surface area contributed by atoms with Crippen LogP contribution in [0.1, 0.15) is 60.2 Å². The van der Waals surface area contributed by atoms with Gasteiger partial charge in [0.25, 0.3) is 0 Å². The first kappa shape index (κ1) is 40.2. The zero-order valence-corrected chi connectivity index (χ0v) is 32.5. The van der Waals surface area contributed by atoms with Crippen molar-refractivity contribution in [3.05, 3.63) is 119 Å². The second-order valence-corrected chi connectivity index (χ2v) is 13.4. The number of hydrogen-bond donors (Lipinski definition) is 1. The van der Waals surface area contributed by atoms with E-state index in [-0.39, 0.29) is 24.2 Å². The Morgan fingerprint density at radius 3 is 2.30 bits per heavy atom. The molecule has 0 unspecified atom stereocenters. The lowest BCUT2D eigenvalue weighted by Crippen LogP contribution is -2.46. The number of anilines is 2. The van der Waals surface area contributed by atoms with Gasteiger partial charge in [-0.25, -0.2) is 0 Å². The second kappa shape index (κ2) is 19.9. The van der Waals surface area contributed by atoms with Crippen molar-refractivity contribution in [3.63, 3.8) is 0 Å². The van der Waals surface area contributed by atoms with Gasteiger partial charge in [0.05, 0.1) is 31.7 Å². The van der Waals surface area contributed by atoms with Crippen molar-refractivity contribution in [2.24, 2.45) is 0 Å². The molecule has 1 N–H and O–H groups in total. The number of para-hydroxylation sites is 3. The third-order valence-electron chi connectivity index (χ3n) is 9.95. The van der Waals surface area contributed by atoms with Gasteiger partial charge in [0.15, 0.2) is 5.78 Å². The van der Waals surface area contributed by atoms with E-state index in [1.165, 1.54) is 11.1 Å². The molecule has 0 spiro atoms. The van der Waals surface area contributed by atoms with Crippen molar-refractivity contribution >= 4 is 46.4 Å². The number of carbonyl (C=O) groups excluding carboxylic acids is 2. The smallest absolute Gasteiger partial charge is 0.305 e. The number of halogens is 1. The Bertz CT molecular complexity index is 1970. The number of nitrogens with zero attached hydrogens (tertiary/aromatic N) is 3. The van der Waals surface area contributed by atoms with Gasteiger partial charge in [0.1, 0.15) is 11.5 Å².